The van der Waals surface area contributed by atoms with E-state index in [2.05, 4.69) is 4.72 Å². The second-order valence-electron chi connectivity index (χ2n) is 3.51. The topological polar surface area (TPSA) is 46.2 Å². The van der Waals surface area contributed by atoms with Crippen LogP contribution in [0.25, 0.3) is 0 Å². The molecule has 4 heteroatoms. The van der Waals surface area contributed by atoms with E-state index in [0.717, 1.165) is 6.42 Å². The summed E-state index contributed by atoms with van der Waals surface area (Å²) in [6.45, 7) is 7.52. The van der Waals surface area contributed by atoms with Crippen molar-refractivity contribution in [3.8, 4) is 0 Å². The molecule has 0 aliphatic heterocycles. The monoisotopic (exact) mass is 179 g/mol. The van der Waals surface area contributed by atoms with E-state index in [1.165, 1.54) is 0 Å². The molecule has 0 heterocycles. The normalized spacial score (nSPS) is 13.5. The molecule has 0 saturated heterocycles. The molecule has 0 radical (unpaired) electrons. The van der Waals surface area contributed by atoms with Crippen molar-refractivity contribution in [2.45, 2.75) is 38.9 Å². The summed E-state index contributed by atoms with van der Waals surface area (Å²) in [4.78, 5) is 0. The Bertz CT molecular complexity index is 201. The first-order valence-corrected chi connectivity index (χ1v) is 5.29. The molecular formula is C7H17NO2S. The van der Waals surface area contributed by atoms with Crippen LogP contribution in [0.1, 0.15) is 34.1 Å². The highest BCUT2D eigenvalue weighted by Crippen LogP contribution is 2.12. The largest absolute Gasteiger partial charge is 0.216 e. The van der Waals surface area contributed by atoms with Crippen molar-refractivity contribution in [1.29, 1.82) is 0 Å². The highest BCUT2D eigenvalue weighted by molar-refractivity contribution is 7.90. The van der Waals surface area contributed by atoms with Crippen LogP contribution in [0, 0.1) is 0 Å². The van der Waals surface area contributed by atoms with Crippen molar-refractivity contribution in [2.75, 3.05) is 6.54 Å². The van der Waals surface area contributed by atoms with Crippen LogP contribution in [0.2, 0.25) is 0 Å². The highest BCUT2D eigenvalue weighted by atomic mass is 32.2. The van der Waals surface area contributed by atoms with E-state index < -0.39 is 14.8 Å². The van der Waals surface area contributed by atoms with E-state index in [1.54, 1.807) is 20.8 Å². The van der Waals surface area contributed by atoms with Gasteiger partial charge in [0.05, 0.1) is 4.75 Å². The Labute approximate surface area is 69.2 Å². The number of nitrogens with one attached hydrogen (secondary N) is 1. The molecule has 3 nitrogen and oxygen atoms in total. The Hall–Kier alpha value is -0.0900. The zero-order chi connectivity index (χ0) is 9.12. The molecule has 0 fully saturated rings. The van der Waals surface area contributed by atoms with Crippen molar-refractivity contribution < 1.29 is 8.42 Å². The molecule has 0 aromatic rings. The lowest BCUT2D eigenvalue weighted by atomic mass is 10.3. The van der Waals surface area contributed by atoms with Crippen molar-refractivity contribution in [3.05, 3.63) is 0 Å². The molecule has 68 valence electrons. The van der Waals surface area contributed by atoms with Gasteiger partial charge in [-0.05, 0) is 27.2 Å². The van der Waals surface area contributed by atoms with Crippen molar-refractivity contribution in [3.63, 3.8) is 0 Å². The molecule has 0 aliphatic rings. The standard InChI is InChI=1S/C7H17NO2S/c1-5-6-8-11(9,10)7(2,3)4/h8H,5-6H2,1-4H3. The van der Waals surface area contributed by atoms with Crippen LogP contribution in [0.15, 0.2) is 0 Å². The summed E-state index contributed by atoms with van der Waals surface area (Å²) in [5.74, 6) is 0. The molecule has 0 aromatic heterocycles. The van der Waals surface area contributed by atoms with Crippen LogP contribution < -0.4 is 4.72 Å². The fourth-order valence-electron chi connectivity index (χ4n) is 0.453. The lowest BCUT2D eigenvalue weighted by Gasteiger charge is -2.19. The third-order valence-electron chi connectivity index (χ3n) is 1.35. The van der Waals surface area contributed by atoms with E-state index in [-0.39, 0.29) is 0 Å². The maximum atomic E-state index is 11.3. The van der Waals surface area contributed by atoms with Crippen molar-refractivity contribution >= 4 is 10.0 Å². The van der Waals surface area contributed by atoms with Gasteiger partial charge in [-0.15, -0.1) is 0 Å². The summed E-state index contributed by atoms with van der Waals surface area (Å²) in [7, 11) is -3.11. The van der Waals surface area contributed by atoms with Gasteiger partial charge in [-0.3, -0.25) is 0 Å². The number of rotatable bonds is 3. The summed E-state index contributed by atoms with van der Waals surface area (Å²) in [5.41, 5.74) is 0. The van der Waals surface area contributed by atoms with E-state index >= 15 is 0 Å². The van der Waals surface area contributed by atoms with Gasteiger partial charge in [0.1, 0.15) is 0 Å². The lowest BCUT2D eigenvalue weighted by Crippen LogP contribution is -2.39. The van der Waals surface area contributed by atoms with Crippen LogP contribution >= 0.6 is 0 Å². The Balaban J connectivity index is 4.26. The first-order valence-electron chi connectivity index (χ1n) is 3.80. The summed E-state index contributed by atoms with van der Waals surface area (Å²) in [6.07, 6.45) is 0.829. The molecule has 0 aliphatic carbocycles. The smallest absolute Gasteiger partial charge is 0.215 e. The minimum absolute atomic E-state index is 0.527. The maximum Gasteiger partial charge on any atom is 0.216 e. The zero-order valence-electron chi connectivity index (χ0n) is 7.64. The molecule has 1 N–H and O–H groups in total. The number of sulfonamides is 1. The highest BCUT2D eigenvalue weighted by Gasteiger charge is 2.27. The summed E-state index contributed by atoms with van der Waals surface area (Å²) >= 11 is 0. The Morgan fingerprint density at radius 2 is 1.73 bits per heavy atom. The fraction of sp³-hybridized carbons (Fsp3) is 1.00. The quantitative estimate of drug-likeness (QED) is 0.705. The predicted molar refractivity (Wildman–Crippen MR) is 47.0 cm³/mol. The first kappa shape index (κ1) is 10.9. The molecule has 0 aromatic carbocycles. The lowest BCUT2D eigenvalue weighted by molar-refractivity contribution is 0.544. The van der Waals surface area contributed by atoms with Gasteiger partial charge in [0, 0.05) is 6.54 Å². The van der Waals surface area contributed by atoms with Crippen molar-refractivity contribution in [1.82, 2.24) is 4.72 Å². The van der Waals surface area contributed by atoms with Crippen LogP contribution in [0.3, 0.4) is 0 Å². The molecule has 11 heavy (non-hydrogen) atoms. The molecule has 0 spiro atoms. The second kappa shape index (κ2) is 3.54. The minimum atomic E-state index is -3.11. The van der Waals surface area contributed by atoms with Crippen LogP contribution in [-0.4, -0.2) is 19.7 Å². The first-order chi connectivity index (χ1) is 4.81. The molecule has 0 amide bonds. The molecule has 0 atom stereocenters. The second-order valence-corrected chi connectivity index (χ2v) is 6.03. The average Bonchev–Trinajstić information content (AvgIpc) is 1.81. The van der Waals surface area contributed by atoms with E-state index in [9.17, 15) is 8.42 Å². The van der Waals surface area contributed by atoms with Gasteiger partial charge in [-0.2, -0.15) is 0 Å². The predicted octanol–water partition coefficient (Wildman–Crippen LogP) is 1.11. The molecule has 0 bridgehead atoms. The van der Waals surface area contributed by atoms with E-state index in [4.69, 9.17) is 0 Å². The van der Waals surface area contributed by atoms with Gasteiger partial charge >= 0.3 is 0 Å². The average molecular weight is 179 g/mol. The van der Waals surface area contributed by atoms with Crippen LogP contribution in [0.5, 0.6) is 0 Å². The SMILES string of the molecule is CCCNS(=O)(=O)C(C)(C)C. The van der Waals surface area contributed by atoms with Gasteiger partial charge in [-0.25, -0.2) is 13.1 Å². The third kappa shape index (κ3) is 3.20. The van der Waals surface area contributed by atoms with E-state index in [0.29, 0.717) is 6.54 Å². The molecule has 0 saturated carbocycles. The number of hydrogen-bond donors (Lipinski definition) is 1. The molecule has 0 unspecified atom stereocenters. The van der Waals surface area contributed by atoms with Gasteiger partial charge in [0.2, 0.25) is 10.0 Å². The summed E-state index contributed by atoms with van der Waals surface area (Å²) in [5, 5.41) is 0. The fourth-order valence-corrected chi connectivity index (χ4v) is 1.36. The van der Waals surface area contributed by atoms with Gasteiger partial charge in [-0.1, -0.05) is 6.92 Å². The Morgan fingerprint density at radius 3 is 2.00 bits per heavy atom. The maximum absolute atomic E-state index is 11.3. The zero-order valence-corrected chi connectivity index (χ0v) is 8.46. The van der Waals surface area contributed by atoms with Gasteiger partial charge < -0.3 is 0 Å². The van der Waals surface area contributed by atoms with Crippen LogP contribution in [0.4, 0.5) is 0 Å². The Morgan fingerprint density at radius 1 is 1.27 bits per heavy atom. The summed E-state index contributed by atoms with van der Waals surface area (Å²) < 4.78 is 24.4. The Kier molecular flexibility index (Phi) is 3.51. The minimum Gasteiger partial charge on any atom is -0.215 e. The van der Waals surface area contributed by atoms with E-state index in [1.807, 2.05) is 6.92 Å². The van der Waals surface area contributed by atoms with Crippen LogP contribution in [-0.2, 0) is 10.0 Å². The third-order valence-corrected chi connectivity index (χ3v) is 3.54. The molecular weight excluding hydrogens is 162 g/mol. The summed E-state index contributed by atoms with van der Waals surface area (Å²) in [6, 6.07) is 0. The van der Waals surface area contributed by atoms with Crippen molar-refractivity contribution in [2.24, 2.45) is 0 Å². The molecule has 0 rings (SSSR count). The number of hydrogen-bond acceptors (Lipinski definition) is 2. The van der Waals surface area contributed by atoms with Gasteiger partial charge in [0.15, 0.2) is 0 Å². The van der Waals surface area contributed by atoms with Gasteiger partial charge in [0.25, 0.3) is 0 Å².